The number of benzene rings is 1. The Labute approximate surface area is 86.4 Å². The number of carboxylic acids is 1. The maximum Gasteiger partial charge on any atom is 0.339 e. The lowest BCUT2D eigenvalue weighted by molar-refractivity contribution is 0.0698. The van der Waals surface area contributed by atoms with Crippen molar-refractivity contribution in [3.8, 4) is 0 Å². The van der Waals surface area contributed by atoms with Crippen molar-refractivity contribution < 1.29 is 9.90 Å². The van der Waals surface area contributed by atoms with Crippen LogP contribution in [0.1, 0.15) is 15.9 Å². The number of anilines is 1. The van der Waals surface area contributed by atoms with Crippen molar-refractivity contribution in [1.82, 2.24) is 4.98 Å². The van der Waals surface area contributed by atoms with Gasteiger partial charge in [-0.3, -0.25) is 4.98 Å². The molecule has 4 nitrogen and oxygen atoms in total. The second kappa shape index (κ2) is 3.24. The van der Waals surface area contributed by atoms with Crippen molar-refractivity contribution in [3.63, 3.8) is 0 Å². The minimum atomic E-state index is -1.05. The molecule has 4 heteroatoms. The van der Waals surface area contributed by atoms with E-state index in [1.807, 2.05) is 19.1 Å². The Hall–Kier alpha value is -2.10. The summed E-state index contributed by atoms with van der Waals surface area (Å²) in [5.41, 5.74) is 7.85. The molecular weight excluding hydrogens is 192 g/mol. The summed E-state index contributed by atoms with van der Waals surface area (Å²) in [6.45, 7) is 1.95. The number of aryl methyl sites for hydroxylation is 1. The molecule has 0 amide bonds. The lowest BCUT2D eigenvalue weighted by atomic mass is 10.1. The molecule has 3 N–H and O–H groups in total. The number of carbonyl (C=O) groups is 1. The fourth-order valence-electron chi connectivity index (χ4n) is 1.50. The van der Waals surface area contributed by atoms with Crippen LogP contribution < -0.4 is 5.73 Å². The van der Waals surface area contributed by atoms with Gasteiger partial charge in [-0.25, -0.2) is 4.79 Å². The third-order valence-corrected chi connectivity index (χ3v) is 2.30. The Balaban J connectivity index is 2.80. The van der Waals surface area contributed by atoms with E-state index in [0.29, 0.717) is 5.39 Å². The van der Waals surface area contributed by atoms with Gasteiger partial charge in [0.15, 0.2) is 0 Å². The van der Waals surface area contributed by atoms with E-state index in [4.69, 9.17) is 10.8 Å². The van der Waals surface area contributed by atoms with Crippen molar-refractivity contribution in [3.05, 3.63) is 35.5 Å². The van der Waals surface area contributed by atoms with E-state index in [1.165, 1.54) is 6.20 Å². The number of aromatic nitrogens is 1. The van der Waals surface area contributed by atoms with Crippen LogP contribution in [0.15, 0.2) is 24.4 Å². The molecule has 0 aliphatic heterocycles. The van der Waals surface area contributed by atoms with Crippen LogP contribution in [0.2, 0.25) is 0 Å². The third kappa shape index (κ3) is 1.50. The second-order valence-electron chi connectivity index (χ2n) is 3.41. The predicted octanol–water partition coefficient (Wildman–Crippen LogP) is 1.82. The van der Waals surface area contributed by atoms with Crippen LogP contribution in [-0.4, -0.2) is 16.1 Å². The molecule has 0 fully saturated rings. The monoisotopic (exact) mass is 202 g/mol. The van der Waals surface area contributed by atoms with E-state index in [-0.39, 0.29) is 11.3 Å². The number of fused-ring (bicyclic) bond motifs is 1. The maximum absolute atomic E-state index is 10.8. The summed E-state index contributed by atoms with van der Waals surface area (Å²) in [5, 5.41) is 9.54. The smallest absolute Gasteiger partial charge is 0.339 e. The highest BCUT2D eigenvalue weighted by Gasteiger charge is 2.11. The molecular formula is C11H10N2O2. The first-order valence-corrected chi connectivity index (χ1v) is 4.47. The first-order valence-electron chi connectivity index (χ1n) is 4.47. The number of hydrogen-bond donors (Lipinski definition) is 2. The Morgan fingerprint density at radius 3 is 2.87 bits per heavy atom. The molecule has 2 rings (SSSR count). The van der Waals surface area contributed by atoms with Gasteiger partial charge >= 0.3 is 5.97 Å². The summed E-state index contributed by atoms with van der Waals surface area (Å²) in [6.07, 6.45) is 1.29. The molecule has 15 heavy (non-hydrogen) atoms. The summed E-state index contributed by atoms with van der Waals surface area (Å²) >= 11 is 0. The summed E-state index contributed by atoms with van der Waals surface area (Å²) in [4.78, 5) is 14.9. The SMILES string of the molecule is Cc1ccc2c(N)c(C(=O)O)cnc2c1. The molecule has 1 aromatic heterocycles. The van der Waals surface area contributed by atoms with E-state index >= 15 is 0 Å². The highest BCUT2D eigenvalue weighted by molar-refractivity contribution is 6.03. The van der Waals surface area contributed by atoms with Crippen molar-refractivity contribution in [2.45, 2.75) is 6.92 Å². The fraction of sp³-hybridized carbons (Fsp3) is 0.0909. The molecule has 76 valence electrons. The van der Waals surface area contributed by atoms with Crippen LogP contribution in [0.4, 0.5) is 5.69 Å². The number of rotatable bonds is 1. The summed E-state index contributed by atoms with van der Waals surface area (Å²) < 4.78 is 0. The maximum atomic E-state index is 10.8. The number of carboxylic acid groups (broad SMARTS) is 1. The van der Waals surface area contributed by atoms with Crippen LogP contribution in [0, 0.1) is 6.92 Å². The number of nitrogens with two attached hydrogens (primary N) is 1. The van der Waals surface area contributed by atoms with Gasteiger partial charge in [0.25, 0.3) is 0 Å². The zero-order valence-corrected chi connectivity index (χ0v) is 8.19. The largest absolute Gasteiger partial charge is 0.478 e. The van der Waals surface area contributed by atoms with Gasteiger partial charge in [-0.2, -0.15) is 0 Å². The highest BCUT2D eigenvalue weighted by atomic mass is 16.4. The molecule has 1 heterocycles. The number of hydrogen-bond acceptors (Lipinski definition) is 3. The van der Waals surface area contributed by atoms with E-state index in [2.05, 4.69) is 4.98 Å². The number of nitrogens with zero attached hydrogens (tertiary/aromatic N) is 1. The first-order chi connectivity index (χ1) is 7.09. The molecule has 1 aromatic carbocycles. The zero-order valence-electron chi connectivity index (χ0n) is 8.19. The molecule has 0 aliphatic rings. The van der Waals surface area contributed by atoms with Crippen LogP contribution in [0.3, 0.4) is 0 Å². The van der Waals surface area contributed by atoms with Gasteiger partial charge in [-0.1, -0.05) is 12.1 Å². The normalized spacial score (nSPS) is 10.5. The van der Waals surface area contributed by atoms with Gasteiger partial charge in [0.05, 0.1) is 11.2 Å². The fourth-order valence-corrected chi connectivity index (χ4v) is 1.50. The topological polar surface area (TPSA) is 76.2 Å². The molecule has 0 atom stereocenters. The van der Waals surface area contributed by atoms with Gasteiger partial charge in [-0.15, -0.1) is 0 Å². The molecule has 0 aliphatic carbocycles. The molecule has 0 radical (unpaired) electrons. The number of nitrogen functional groups attached to an aromatic ring is 1. The molecule has 2 aromatic rings. The first kappa shape index (κ1) is 9.45. The molecule has 0 bridgehead atoms. The van der Waals surface area contributed by atoms with Gasteiger partial charge in [0.1, 0.15) is 5.56 Å². The van der Waals surface area contributed by atoms with Crippen molar-refractivity contribution in [2.75, 3.05) is 5.73 Å². The van der Waals surface area contributed by atoms with E-state index in [0.717, 1.165) is 11.1 Å². The van der Waals surface area contributed by atoms with Crippen molar-refractivity contribution in [1.29, 1.82) is 0 Å². The van der Waals surface area contributed by atoms with Gasteiger partial charge < -0.3 is 10.8 Å². The van der Waals surface area contributed by atoms with Crippen molar-refractivity contribution in [2.24, 2.45) is 0 Å². The second-order valence-corrected chi connectivity index (χ2v) is 3.41. The summed E-state index contributed by atoms with van der Waals surface area (Å²) in [7, 11) is 0. The average Bonchev–Trinajstić information content (AvgIpc) is 2.17. The minimum Gasteiger partial charge on any atom is -0.478 e. The zero-order chi connectivity index (χ0) is 11.0. The van der Waals surface area contributed by atoms with E-state index in [1.54, 1.807) is 6.07 Å². The van der Waals surface area contributed by atoms with Crippen LogP contribution >= 0.6 is 0 Å². The van der Waals surface area contributed by atoms with Crippen LogP contribution in [0.25, 0.3) is 10.9 Å². The quantitative estimate of drug-likeness (QED) is 0.739. The highest BCUT2D eigenvalue weighted by Crippen LogP contribution is 2.23. The molecule has 0 saturated heterocycles. The number of pyridine rings is 1. The van der Waals surface area contributed by atoms with Crippen LogP contribution in [-0.2, 0) is 0 Å². The van der Waals surface area contributed by atoms with E-state index < -0.39 is 5.97 Å². The molecule has 0 spiro atoms. The lowest BCUT2D eigenvalue weighted by Gasteiger charge is -2.05. The Bertz CT molecular complexity index is 550. The Morgan fingerprint density at radius 2 is 2.20 bits per heavy atom. The van der Waals surface area contributed by atoms with Gasteiger partial charge in [-0.05, 0) is 18.6 Å². The summed E-state index contributed by atoms with van der Waals surface area (Å²) in [6, 6.07) is 5.54. The summed E-state index contributed by atoms with van der Waals surface area (Å²) in [5.74, 6) is -1.05. The lowest BCUT2D eigenvalue weighted by Crippen LogP contribution is -2.03. The van der Waals surface area contributed by atoms with Gasteiger partial charge in [0.2, 0.25) is 0 Å². The Kier molecular flexibility index (Phi) is 2.04. The van der Waals surface area contributed by atoms with Crippen LogP contribution in [0.5, 0.6) is 0 Å². The molecule has 0 unspecified atom stereocenters. The average molecular weight is 202 g/mol. The number of aromatic carboxylic acids is 1. The molecule has 0 saturated carbocycles. The standard InChI is InChI=1S/C11H10N2O2/c1-6-2-3-7-9(4-6)13-5-8(10(7)12)11(14)15/h2-5H,1H3,(H2,12,13)(H,14,15). The predicted molar refractivity (Wildman–Crippen MR) is 57.9 cm³/mol. The van der Waals surface area contributed by atoms with E-state index in [9.17, 15) is 4.79 Å². The van der Waals surface area contributed by atoms with Crippen molar-refractivity contribution >= 4 is 22.6 Å². The van der Waals surface area contributed by atoms with Gasteiger partial charge in [0, 0.05) is 11.6 Å². The third-order valence-electron chi connectivity index (χ3n) is 2.30. The Morgan fingerprint density at radius 1 is 1.47 bits per heavy atom. The minimum absolute atomic E-state index is 0.0475.